The highest BCUT2D eigenvalue weighted by Gasteiger charge is 2.30. The molecule has 0 heterocycles. The number of para-hydroxylation sites is 1. The minimum atomic E-state index is -0.559. The van der Waals surface area contributed by atoms with Gasteiger partial charge in [-0.2, -0.15) is 0 Å². The normalized spacial score (nSPS) is 14.0. The zero-order chi connectivity index (χ0) is 29.7. The number of nitrogens with zero attached hydrogens (tertiary/aromatic N) is 1. The van der Waals surface area contributed by atoms with Crippen molar-refractivity contribution in [3.8, 4) is 34.1 Å². The topological polar surface area (TPSA) is 136 Å². The van der Waals surface area contributed by atoms with Gasteiger partial charge in [0.2, 0.25) is 5.75 Å². The van der Waals surface area contributed by atoms with Gasteiger partial charge < -0.3 is 24.3 Å². The first-order valence-electron chi connectivity index (χ1n) is 12.6. The molecule has 1 atom stereocenters. The molecule has 3 aromatic rings. The monoisotopic (exact) mass is 584 g/mol. The van der Waals surface area contributed by atoms with Gasteiger partial charge in [0, 0.05) is 11.1 Å². The molecule has 218 valence electrons. The number of methoxy groups -OCH3 is 4. The van der Waals surface area contributed by atoms with E-state index in [1.807, 2.05) is 18.4 Å². The molecule has 1 amide bonds. The van der Waals surface area contributed by atoms with Gasteiger partial charge in [0.05, 0.1) is 50.3 Å². The first-order valence-corrected chi connectivity index (χ1v) is 13.8. The number of carbonyl (C=O) groups excluding carboxylic acids is 1. The van der Waals surface area contributed by atoms with Crippen molar-refractivity contribution in [3.05, 3.63) is 74.9 Å². The number of carbonyl (C=O) groups is 1. The van der Waals surface area contributed by atoms with E-state index in [4.69, 9.17) is 34.2 Å². The fourth-order valence-corrected chi connectivity index (χ4v) is 5.56. The Morgan fingerprint density at radius 3 is 2.37 bits per heavy atom. The first-order chi connectivity index (χ1) is 19.8. The van der Waals surface area contributed by atoms with E-state index in [0.29, 0.717) is 46.1 Å². The smallest absolute Gasteiger partial charge is 0.255 e. The number of benzene rings is 2. The Labute approximate surface area is 241 Å². The lowest BCUT2D eigenvalue weighted by Crippen LogP contribution is -2.29. The summed E-state index contributed by atoms with van der Waals surface area (Å²) in [5.74, 6) is 1.18. The number of rotatable bonds is 10. The molecule has 1 aliphatic carbocycles. The Morgan fingerprint density at radius 2 is 1.73 bits per heavy atom. The van der Waals surface area contributed by atoms with Crippen LogP contribution in [0.5, 0.6) is 23.0 Å². The Hall–Kier alpha value is -3.81. The minimum Gasteiger partial charge on any atom is -0.496 e. The summed E-state index contributed by atoms with van der Waals surface area (Å²) in [5.41, 5.74) is 3.48. The second kappa shape index (κ2) is 13.2. The molecule has 0 spiro atoms. The third-order valence-corrected chi connectivity index (χ3v) is 7.68. The zero-order valence-electron chi connectivity index (χ0n) is 23.3. The number of ether oxygens (including phenoxy) is 4. The molecule has 0 unspecified atom stereocenters. The summed E-state index contributed by atoms with van der Waals surface area (Å²) >= 11 is 1.34. The summed E-state index contributed by atoms with van der Waals surface area (Å²) in [7, 11) is 6.04. The number of thioether (sulfide) groups is 1. The second-order valence-electron chi connectivity index (χ2n) is 9.05. The zero-order valence-corrected chi connectivity index (χ0v) is 24.2. The summed E-state index contributed by atoms with van der Waals surface area (Å²) in [6.45, 7) is -0.255. The average Bonchev–Trinajstić information content (AvgIpc) is 3.22. The van der Waals surface area contributed by atoms with Crippen LogP contribution in [0, 0.1) is 0 Å². The van der Waals surface area contributed by atoms with Gasteiger partial charge >= 0.3 is 0 Å². The highest BCUT2D eigenvalue weighted by atomic mass is 32.2. The molecule has 0 radical (unpaired) electrons. The molecule has 4 rings (SSSR count). The summed E-state index contributed by atoms with van der Waals surface area (Å²) in [4.78, 5) is 32.2. The predicted molar refractivity (Wildman–Crippen MR) is 151 cm³/mol. The first kappa shape index (κ1) is 30.2. The predicted octanol–water partition coefficient (Wildman–Crippen LogP) is 4.40. The van der Waals surface area contributed by atoms with Crippen molar-refractivity contribution in [1.29, 1.82) is 0 Å². The maximum absolute atomic E-state index is 13.7. The molecule has 0 aliphatic heterocycles. The van der Waals surface area contributed by atoms with E-state index in [1.165, 1.54) is 26.0 Å². The Balaban J connectivity index is 1.86. The van der Waals surface area contributed by atoms with E-state index in [-0.39, 0.29) is 23.3 Å². The number of hydrogen-bond donors (Lipinski definition) is 3. The molecule has 1 aliphatic rings. The minimum absolute atomic E-state index is 0.171. The van der Waals surface area contributed by atoms with Gasteiger partial charge in [-0.25, -0.2) is 4.84 Å². The highest BCUT2D eigenvalue weighted by molar-refractivity contribution is 7.98. The lowest BCUT2D eigenvalue weighted by Gasteiger charge is -2.21. The molecule has 0 aromatic heterocycles. The van der Waals surface area contributed by atoms with Crippen LogP contribution in [0.3, 0.4) is 0 Å². The van der Waals surface area contributed by atoms with E-state index in [9.17, 15) is 9.59 Å². The maximum Gasteiger partial charge on any atom is 0.255 e. The average molecular weight is 585 g/mol. The van der Waals surface area contributed by atoms with Gasteiger partial charge in [-0.15, -0.1) is 11.8 Å². The molecule has 0 fully saturated rings. The Bertz CT molecular complexity index is 1500. The number of hydrogen-bond acceptors (Lipinski definition) is 11. The SMILES string of the molecule is COc1cc2c(c(OC)c1OC)-c1ccc(SC)c(=O)cc1[C@@H](NC(=O)c1cccc(CON(O)O)c1OC)CC2. The van der Waals surface area contributed by atoms with Crippen molar-refractivity contribution in [3.63, 3.8) is 0 Å². The van der Waals surface area contributed by atoms with Crippen LogP contribution in [-0.4, -0.2) is 56.4 Å². The number of fused-ring (bicyclic) bond motifs is 3. The van der Waals surface area contributed by atoms with E-state index in [2.05, 4.69) is 5.32 Å². The quantitative estimate of drug-likeness (QED) is 0.231. The van der Waals surface area contributed by atoms with Crippen molar-refractivity contribution < 1.29 is 39.0 Å². The number of nitrogens with one attached hydrogen (secondary N) is 1. The maximum atomic E-state index is 13.7. The van der Waals surface area contributed by atoms with Crippen molar-refractivity contribution in [2.75, 3.05) is 34.7 Å². The Kier molecular flexibility index (Phi) is 9.73. The largest absolute Gasteiger partial charge is 0.496 e. The van der Waals surface area contributed by atoms with Gasteiger partial charge in [0.1, 0.15) is 12.4 Å². The molecule has 12 heteroatoms. The van der Waals surface area contributed by atoms with Crippen LogP contribution >= 0.6 is 11.8 Å². The molecular formula is C29H32N2O9S. The van der Waals surface area contributed by atoms with Gasteiger partial charge in [-0.1, -0.05) is 18.2 Å². The van der Waals surface area contributed by atoms with Gasteiger partial charge in [0.15, 0.2) is 16.9 Å². The number of amides is 1. The third kappa shape index (κ3) is 6.11. The summed E-state index contributed by atoms with van der Waals surface area (Å²) < 4.78 is 22.6. The molecule has 11 nitrogen and oxygen atoms in total. The van der Waals surface area contributed by atoms with Crippen LogP contribution in [0.2, 0.25) is 0 Å². The van der Waals surface area contributed by atoms with Crippen LogP contribution in [0.1, 0.15) is 39.5 Å². The standard InChI is InChI=1S/C29H32N2O9S/c1-36-23-13-16-9-11-21(30-29(33)19-8-6-7-17(26(19)37-2)15-40-31(34)35)20-14-22(32)24(41-5)12-10-18(20)25(16)28(39-4)27(23)38-3/h6-8,10,12-14,21,34-35H,9,11,15H2,1-5H3,(H,30,33)/t21-/m0/s1. The third-order valence-electron chi connectivity index (χ3n) is 6.91. The lowest BCUT2D eigenvalue weighted by atomic mass is 9.95. The number of aryl methyl sites for hydroxylation is 1. The summed E-state index contributed by atoms with van der Waals surface area (Å²) in [6, 6.07) is 11.4. The lowest BCUT2D eigenvalue weighted by molar-refractivity contribution is -0.497. The van der Waals surface area contributed by atoms with E-state index >= 15 is 0 Å². The van der Waals surface area contributed by atoms with E-state index < -0.39 is 17.3 Å². The fourth-order valence-electron chi connectivity index (χ4n) is 5.10. The Morgan fingerprint density at radius 1 is 1.00 bits per heavy atom. The van der Waals surface area contributed by atoms with Crippen molar-refractivity contribution in [2.45, 2.75) is 30.4 Å². The molecule has 0 saturated heterocycles. The van der Waals surface area contributed by atoms with Crippen molar-refractivity contribution in [1.82, 2.24) is 10.7 Å². The van der Waals surface area contributed by atoms with Crippen LogP contribution in [-0.2, 0) is 17.9 Å². The van der Waals surface area contributed by atoms with Gasteiger partial charge in [-0.3, -0.25) is 20.0 Å². The van der Waals surface area contributed by atoms with Gasteiger partial charge in [-0.05, 0) is 60.1 Å². The van der Waals surface area contributed by atoms with E-state index in [1.54, 1.807) is 44.6 Å². The van der Waals surface area contributed by atoms with Gasteiger partial charge in [0.25, 0.3) is 5.91 Å². The van der Waals surface area contributed by atoms with Crippen LogP contribution in [0.25, 0.3) is 11.1 Å². The molecule has 3 aromatic carbocycles. The molecule has 0 bridgehead atoms. The summed E-state index contributed by atoms with van der Waals surface area (Å²) in [6.07, 6.45) is 2.84. The highest BCUT2D eigenvalue weighted by Crippen LogP contribution is 2.50. The van der Waals surface area contributed by atoms with Crippen LogP contribution in [0.15, 0.2) is 52.2 Å². The molecule has 0 saturated carbocycles. The van der Waals surface area contributed by atoms with Crippen molar-refractivity contribution in [2.24, 2.45) is 0 Å². The fraction of sp³-hybridized carbons (Fsp3) is 0.310. The van der Waals surface area contributed by atoms with E-state index in [0.717, 1.165) is 16.7 Å². The van der Waals surface area contributed by atoms with Crippen molar-refractivity contribution >= 4 is 17.7 Å². The molecular weight excluding hydrogens is 552 g/mol. The van der Waals surface area contributed by atoms with Crippen LogP contribution in [0.4, 0.5) is 0 Å². The van der Waals surface area contributed by atoms with Crippen LogP contribution < -0.4 is 29.7 Å². The summed E-state index contributed by atoms with van der Waals surface area (Å²) in [5, 5.41) is 20.6. The second-order valence-corrected chi connectivity index (χ2v) is 9.90. The molecule has 41 heavy (non-hydrogen) atoms. The molecule has 3 N–H and O–H groups in total.